The third-order valence-corrected chi connectivity index (χ3v) is 10.7. The van der Waals surface area contributed by atoms with Crippen LogP contribution in [0, 0.1) is 57.2 Å². The van der Waals surface area contributed by atoms with E-state index in [2.05, 4.69) is 96.2 Å². The van der Waals surface area contributed by atoms with Gasteiger partial charge in [-0.05, 0) is 79.9 Å². The van der Waals surface area contributed by atoms with Gasteiger partial charge in [-0.3, -0.25) is 4.99 Å². The van der Waals surface area contributed by atoms with Gasteiger partial charge in [0.05, 0.1) is 45.8 Å². The fraction of sp³-hybridized carbons (Fsp3) is 0.220. The molecule has 6 nitrogen and oxygen atoms in total. The Morgan fingerprint density at radius 1 is 0.830 bits per heavy atom. The van der Waals surface area contributed by atoms with Crippen molar-refractivity contribution in [1.29, 1.82) is 15.8 Å². The van der Waals surface area contributed by atoms with Crippen LogP contribution in [-0.4, -0.2) is 16.4 Å². The second kappa shape index (κ2) is 10.3. The Kier molecular flexibility index (Phi) is 6.27. The van der Waals surface area contributed by atoms with E-state index >= 15 is 0 Å². The average Bonchev–Trinajstić information content (AvgIpc) is 3.56. The van der Waals surface area contributed by atoms with Crippen LogP contribution < -0.4 is 4.90 Å². The van der Waals surface area contributed by atoms with Crippen molar-refractivity contribution in [1.82, 2.24) is 4.57 Å². The zero-order valence-electron chi connectivity index (χ0n) is 26.5. The fourth-order valence-corrected chi connectivity index (χ4v) is 8.33. The van der Waals surface area contributed by atoms with Crippen LogP contribution in [-0.2, 0) is 0 Å². The first-order valence-corrected chi connectivity index (χ1v) is 16.0. The molecule has 226 valence electrons. The summed E-state index contributed by atoms with van der Waals surface area (Å²) < 4.78 is 2.30. The van der Waals surface area contributed by atoms with Crippen molar-refractivity contribution in [3.8, 4) is 18.2 Å². The van der Waals surface area contributed by atoms with Gasteiger partial charge in [-0.2, -0.15) is 15.8 Å². The Balaban J connectivity index is 1.42. The Hall–Kier alpha value is -5.90. The van der Waals surface area contributed by atoms with E-state index in [-0.39, 0.29) is 23.7 Å². The second-order valence-electron chi connectivity index (χ2n) is 13.3. The van der Waals surface area contributed by atoms with Crippen LogP contribution in [0.1, 0.15) is 43.4 Å². The van der Waals surface area contributed by atoms with Crippen molar-refractivity contribution in [3.63, 3.8) is 0 Å². The Labute approximate surface area is 274 Å². The quantitative estimate of drug-likeness (QED) is 0.232. The van der Waals surface area contributed by atoms with Crippen molar-refractivity contribution >= 4 is 39.4 Å². The van der Waals surface area contributed by atoms with Gasteiger partial charge in [-0.1, -0.05) is 61.6 Å². The van der Waals surface area contributed by atoms with Crippen LogP contribution in [0.4, 0.5) is 5.69 Å². The SMILES string of the molecule is CC1C(n2c3ccc(C#N)cc3c3cc(C#N)ccc32)=CC(N2c3ccccc3C3C=CC=NC32C)=CC1C1C=CC=CC1(C)C#N. The van der Waals surface area contributed by atoms with E-state index in [1.165, 1.54) is 5.56 Å². The lowest BCUT2D eigenvalue weighted by atomic mass is 9.64. The van der Waals surface area contributed by atoms with E-state index in [1.54, 1.807) is 0 Å². The molecular formula is C41H32N6. The minimum absolute atomic E-state index is 0.00821. The number of benzene rings is 3. The Morgan fingerprint density at radius 2 is 1.53 bits per heavy atom. The predicted octanol–water partition coefficient (Wildman–Crippen LogP) is 8.76. The minimum atomic E-state index is -0.691. The molecule has 6 heteroatoms. The number of hydrogen-bond donors (Lipinski definition) is 0. The Bertz CT molecular complexity index is 2250. The van der Waals surface area contributed by atoms with E-state index in [9.17, 15) is 15.8 Å². The molecule has 8 rings (SSSR count). The van der Waals surface area contributed by atoms with Crippen molar-refractivity contribution in [2.24, 2.45) is 28.2 Å². The lowest BCUT2D eigenvalue weighted by Crippen LogP contribution is -2.46. The molecule has 4 aromatic rings. The second-order valence-corrected chi connectivity index (χ2v) is 13.3. The lowest BCUT2D eigenvalue weighted by Gasteiger charge is -2.44. The van der Waals surface area contributed by atoms with Crippen molar-refractivity contribution in [3.05, 3.63) is 132 Å². The number of fused-ring (bicyclic) bond motifs is 6. The van der Waals surface area contributed by atoms with Crippen LogP contribution in [0.5, 0.6) is 0 Å². The smallest absolute Gasteiger partial charge is 0.143 e. The number of aliphatic imine (C=N–C) groups is 1. The molecule has 3 heterocycles. The number of dihydropyridines is 1. The first-order valence-electron chi connectivity index (χ1n) is 16.0. The summed E-state index contributed by atoms with van der Waals surface area (Å²) in [6.45, 7) is 6.49. The normalized spacial score (nSPS) is 28.7. The van der Waals surface area contributed by atoms with Gasteiger partial charge in [0.1, 0.15) is 5.66 Å². The molecule has 0 fully saturated rings. The zero-order valence-corrected chi connectivity index (χ0v) is 26.5. The average molecular weight is 609 g/mol. The van der Waals surface area contributed by atoms with Gasteiger partial charge in [0.25, 0.3) is 0 Å². The molecule has 0 saturated carbocycles. The molecule has 4 aliphatic rings. The van der Waals surface area contributed by atoms with Gasteiger partial charge in [0.2, 0.25) is 0 Å². The molecule has 0 saturated heterocycles. The first kappa shape index (κ1) is 28.6. The van der Waals surface area contributed by atoms with Crippen molar-refractivity contribution in [2.45, 2.75) is 32.4 Å². The number of para-hydroxylation sites is 1. The molecule has 3 aromatic carbocycles. The minimum Gasteiger partial charge on any atom is -0.316 e. The van der Waals surface area contributed by atoms with E-state index in [0.717, 1.165) is 38.9 Å². The van der Waals surface area contributed by atoms with Crippen molar-refractivity contribution in [2.75, 3.05) is 4.90 Å². The molecule has 1 aromatic heterocycles. The summed E-state index contributed by atoms with van der Waals surface area (Å²) in [7, 11) is 0. The molecule has 0 spiro atoms. The Morgan fingerprint density at radius 3 is 2.21 bits per heavy atom. The summed E-state index contributed by atoms with van der Waals surface area (Å²) in [4.78, 5) is 7.50. The maximum Gasteiger partial charge on any atom is 0.143 e. The van der Waals surface area contributed by atoms with Gasteiger partial charge >= 0.3 is 0 Å². The molecule has 47 heavy (non-hydrogen) atoms. The molecule has 0 N–H and O–H groups in total. The van der Waals surface area contributed by atoms with Crippen LogP contribution in [0.25, 0.3) is 27.5 Å². The maximum atomic E-state index is 10.5. The molecule has 6 atom stereocenters. The monoisotopic (exact) mass is 608 g/mol. The standard InChI is InChI=1S/C41H32N6/c1-26-31(34-10-6-7-17-40(34,2)25-44)21-29(47-38-12-5-4-9-30(38)35-11-8-18-45-41(35,47)3)22-39(26)46-36-15-13-27(23-42)19-32(36)33-20-28(24-43)14-16-37(33)46/h4-22,26,31,34-35H,1-3H3. The van der Waals surface area contributed by atoms with Crippen LogP contribution in [0.2, 0.25) is 0 Å². The van der Waals surface area contributed by atoms with Crippen molar-refractivity contribution < 1.29 is 0 Å². The molecule has 6 unspecified atom stereocenters. The van der Waals surface area contributed by atoms with Crippen LogP contribution >= 0.6 is 0 Å². The third kappa shape index (κ3) is 4.04. The number of hydrogen-bond acceptors (Lipinski definition) is 5. The summed E-state index contributed by atoms with van der Waals surface area (Å²) in [6.07, 6.45) is 19.1. The number of nitrogens with zero attached hydrogens (tertiary/aromatic N) is 6. The van der Waals surface area contributed by atoms with Gasteiger partial charge in [0.15, 0.2) is 0 Å². The fourth-order valence-electron chi connectivity index (χ4n) is 8.33. The number of rotatable bonds is 3. The number of nitriles is 3. The molecule has 0 bridgehead atoms. The topological polar surface area (TPSA) is 91.9 Å². The zero-order chi connectivity index (χ0) is 32.5. The van der Waals surface area contributed by atoms with Crippen LogP contribution in [0.15, 0.2) is 120 Å². The number of aromatic nitrogens is 1. The summed E-state index contributed by atoms with van der Waals surface area (Å²) >= 11 is 0. The summed E-state index contributed by atoms with van der Waals surface area (Å²) in [5.74, 6) is -0.0130. The van der Waals surface area contributed by atoms with Gasteiger partial charge in [-0.25, -0.2) is 0 Å². The molecule has 2 aliphatic carbocycles. The van der Waals surface area contributed by atoms with E-state index < -0.39 is 11.1 Å². The number of allylic oxidation sites excluding steroid dienone is 8. The summed E-state index contributed by atoms with van der Waals surface area (Å²) in [5.41, 5.74) is 6.31. The highest BCUT2D eigenvalue weighted by atomic mass is 15.3. The summed E-state index contributed by atoms with van der Waals surface area (Å²) in [6, 6.07) is 27.4. The molecular weight excluding hydrogens is 576 g/mol. The van der Waals surface area contributed by atoms with Crippen LogP contribution in [0.3, 0.4) is 0 Å². The molecule has 0 radical (unpaired) electrons. The van der Waals surface area contributed by atoms with Gasteiger partial charge in [-0.15, -0.1) is 0 Å². The highest BCUT2D eigenvalue weighted by Gasteiger charge is 2.50. The highest BCUT2D eigenvalue weighted by Crippen LogP contribution is 2.55. The summed E-state index contributed by atoms with van der Waals surface area (Å²) in [5, 5.41) is 31.9. The molecule has 0 amide bonds. The van der Waals surface area contributed by atoms with Gasteiger partial charge in [0, 0.05) is 51.8 Å². The highest BCUT2D eigenvalue weighted by molar-refractivity contribution is 6.11. The lowest BCUT2D eigenvalue weighted by molar-refractivity contribution is 0.274. The predicted molar refractivity (Wildman–Crippen MR) is 187 cm³/mol. The van der Waals surface area contributed by atoms with E-state index in [1.807, 2.05) is 67.8 Å². The molecule has 2 aliphatic heterocycles. The first-order chi connectivity index (χ1) is 22.8. The maximum absolute atomic E-state index is 10.5. The van der Waals surface area contributed by atoms with E-state index in [4.69, 9.17) is 4.99 Å². The van der Waals surface area contributed by atoms with E-state index in [0.29, 0.717) is 11.1 Å². The third-order valence-electron chi connectivity index (χ3n) is 10.7. The largest absolute Gasteiger partial charge is 0.316 e. The number of anilines is 1. The van der Waals surface area contributed by atoms with Gasteiger partial charge < -0.3 is 9.47 Å².